The molecule has 1 aliphatic heterocycles. The largest absolute Gasteiger partial charge is 0.481 e. The zero-order valence-electron chi connectivity index (χ0n) is 13.7. The maximum absolute atomic E-state index is 12.6. The third-order valence-corrected chi connectivity index (χ3v) is 4.76. The summed E-state index contributed by atoms with van der Waals surface area (Å²) in [6.45, 7) is 4.01. The van der Waals surface area contributed by atoms with Crippen molar-refractivity contribution in [1.29, 1.82) is 0 Å². The second-order valence-corrected chi connectivity index (χ2v) is 7.40. The van der Waals surface area contributed by atoms with Crippen molar-refractivity contribution in [1.82, 2.24) is 5.32 Å². The van der Waals surface area contributed by atoms with Crippen molar-refractivity contribution < 1.29 is 19.5 Å². The van der Waals surface area contributed by atoms with Crippen LogP contribution in [0.3, 0.4) is 0 Å². The fourth-order valence-electron chi connectivity index (χ4n) is 2.74. The van der Waals surface area contributed by atoms with Gasteiger partial charge in [-0.1, -0.05) is 12.1 Å². The van der Waals surface area contributed by atoms with E-state index in [1.54, 1.807) is 18.7 Å². The van der Waals surface area contributed by atoms with Gasteiger partial charge in [0.15, 0.2) is 0 Å². The minimum atomic E-state index is -0.908. The normalized spacial score (nSPS) is 17.9. The van der Waals surface area contributed by atoms with Crippen molar-refractivity contribution in [2.75, 3.05) is 11.4 Å². The van der Waals surface area contributed by atoms with Gasteiger partial charge in [-0.05, 0) is 54.8 Å². The van der Waals surface area contributed by atoms with Crippen LogP contribution in [0, 0.1) is 5.92 Å². The molecule has 1 atom stereocenters. The van der Waals surface area contributed by atoms with E-state index in [-0.39, 0.29) is 18.2 Å². The van der Waals surface area contributed by atoms with Gasteiger partial charge in [0.05, 0.1) is 5.69 Å². The fourth-order valence-corrected chi connectivity index (χ4v) is 3.23. The van der Waals surface area contributed by atoms with E-state index < -0.39 is 17.4 Å². The molecule has 1 saturated heterocycles. The molecule has 1 heterocycles. The average molecular weight is 397 g/mol. The Labute approximate surface area is 149 Å². The predicted molar refractivity (Wildman–Crippen MR) is 93.7 cm³/mol. The summed E-state index contributed by atoms with van der Waals surface area (Å²) in [6.07, 6.45) is 0.721. The van der Waals surface area contributed by atoms with Gasteiger partial charge in [0.25, 0.3) is 0 Å². The lowest BCUT2D eigenvalue weighted by Crippen LogP contribution is -2.48. The number of amides is 2. The molecule has 1 aliphatic rings. The van der Waals surface area contributed by atoms with Crippen molar-refractivity contribution in [3.05, 3.63) is 28.7 Å². The van der Waals surface area contributed by atoms with Crippen molar-refractivity contribution >= 4 is 39.4 Å². The Morgan fingerprint density at radius 1 is 1.38 bits per heavy atom. The standard InChI is InChI=1S/C17H21BrN2O4/c1-17(2,9-7-14(21)22)19-15(23)11-8-10-20(16(11)24)13-6-4-3-5-12(13)18/h3-6,11H,7-10H2,1-2H3,(H,19,23)(H,21,22)/t11-/m0/s1. The van der Waals surface area contributed by atoms with Crippen molar-refractivity contribution in [2.24, 2.45) is 5.92 Å². The van der Waals surface area contributed by atoms with Gasteiger partial charge >= 0.3 is 5.97 Å². The van der Waals surface area contributed by atoms with Crippen LogP contribution in [0.2, 0.25) is 0 Å². The monoisotopic (exact) mass is 396 g/mol. The van der Waals surface area contributed by atoms with Gasteiger partial charge in [-0.15, -0.1) is 0 Å². The van der Waals surface area contributed by atoms with E-state index in [9.17, 15) is 14.4 Å². The van der Waals surface area contributed by atoms with Crippen LogP contribution in [-0.4, -0.2) is 35.0 Å². The van der Waals surface area contributed by atoms with Gasteiger partial charge < -0.3 is 15.3 Å². The molecule has 2 rings (SSSR count). The first-order valence-corrected chi connectivity index (χ1v) is 8.60. The zero-order chi connectivity index (χ0) is 17.9. The molecule has 1 aromatic carbocycles. The molecule has 0 aromatic heterocycles. The highest BCUT2D eigenvalue weighted by Crippen LogP contribution is 2.31. The Bertz CT molecular complexity index is 660. The Hall–Kier alpha value is -1.89. The number of carbonyl (C=O) groups excluding carboxylic acids is 2. The number of anilines is 1. The predicted octanol–water partition coefficient (Wildman–Crippen LogP) is 2.56. The lowest BCUT2D eigenvalue weighted by molar-refractivity contribution is -0.138. The van der Waals surface area contributed by atoms with Crippen LogP contribution in [0.25, 0.3) is 0 Å². The Morgan fingerprint density at radius 2 is 2.04 bits per heavy atom. The smallest absolute Gasteiger partial charge is 0.303 e. The van der Waals surface area contributed by atoms with Crippen LogP contribution in [0.15, 0.2) is 28.7 Å². The Balaban J connectivity index is 2.03. The van der Waals surface area contributed by atoms with Crippen LogP contribution < -0.4 is 10.2 Å². The minimum Gasteiger partial charge on any atom is -0.481 e. The maximum Gasteiger partial charge on any atom is 0.303 e. The van der Waals surface area contributed by atoms with Gasteiger partial charge in [-0.3, -0.25) is 14.4 Å². The molecule has 7 heteroatoms. The lowest BCUT2D eigenvalue weighted by atomic mass is 9.96. The van der Waals surface area contributed by atoms with Gasteiger partial charge in [0.2, 0.25) is 11.8 Å². The summed E-state index contributed by atoms with van der Waals surface area (Å²) >= 11 is 3.42. The number of benzene rings is 1. The summed E-state index contributed by atoms with van der Waals surface area (Å²) in [5.74, 6) is -2.21. The van der Waals surface area contributed by atoms with E-state index in [2.05, 4.69) is 21.2 Å². The maximum atomic E-state index is 12.6. The van der Waals surface area contributed by atoms with E-state index in [4.69, 9.17) is 5.11 Å². The number of hydrogen-bond donors (Lipinski definition) is 2. The molecular formula is C17H21BrN2O4. The summed E-state index contributed by atoms with van der Waals surface area (Å²) in [7, 11) is 0. The fraction of sp³-hybridized carbons (Fsp3) is 0.471. The van der Waals surface area contributed by atoms with Crippen LogP contribution in [0.5, 0.6) is 0 Å². The average Bonchev–Trinajstić information content (AvgIpc) is 2.87. The third-order valence-electron chi connectivity index (χ3n) is 4.09. The number of hydrogen-bond acceptors (Lipinski definition) is 3. The molecule has 130 valence electrons. The molecule has 2 amide bonds. The number of carboxylic acids is 1. The molecule has 0 bridgehead atoms. The van der Waals surface area contributed by atoms with Gasteiger partial charge in [-0.25, -0.2) is 0 Å². The number of rotatable bonds is 6. The topological polar surface area (TPSA) is 86.7 Å². The molecular weight excluding hydrogens is 376 g/mol. The number of carboxylic acid groups (broad SMARTS) is 1. The minimum absolute atomic E-state index is 0.0328. The SMILES string of the molecule is CC(C)(CCC(=O)O)NC(=O)[C@@H]1CCN(c2ccccc2Br)C1=O. The van der Waals surface area contributed by atoms with Gasteiger partial charge in [0.1, 0.15) is 5.92 Å². The molecule has 1 aromatic rings. The molecule has 0 unspecified atom stereocenters. The number of para-hydroxylation sites is 1. The lowest BCUT2D eigenvalue weighted by Gasteiger charge is -2.27. The van der Waals surface area contributed by atoms with E-state index >= 15 is 0 Å². The van der Waals surface area contributed by atoms with E-state index in [1.807, 2.05) is 24.3 Å². The number of carbonyl (C=O) groups is 3. The quantitative estimate of drug-likeness (QED) is 0.723. The van der Waals surface area contributed by atoms with Crippen molar-refractivity contribution in [2.45, 2.75) is 38.6 Å². The molecule has 24 heavy (non-hydrogen) atoms. The molecule has 0 saturated carbocycles. The number of nitrogens with zero attached hydrogens (tertiary/aromatic N) is 1. The second kappa shape index (κ2) is 7.34. The Kier molecular flexibility index (Phi) is 5.64. The molecule has 0 aliphatic carbocycles. The van der Waals surface area contributed by atoms with Crippen LogP contribution in [0.4, 0.5) is 5.69 Å². The number of halogens is 1. The van der Waals surface area contributed by atoms with Crippen molar-refractivity contribution in [3.8, 4) is 0 Å². The van der Waals surface area contributed by atoms with Crippen LogP contribution in [-0.2, 0) is 14.4 Å². The van der Waals surface area contributed by atoms with E-state index in [0.717, 1.165) is 10.2 Å². The zero-order valence-corrected chi connectivity index (χ0v) is 15.3. The van der Waals surface area contributed by atoms with E-state index in [0.29, 0.717) is 19.4 Å². The summed E-state index contributed by atoms with van der Waals surface area (Å²) < 4.78 is 0.807. The first-order valence-electron chi connectivity index (χ1n) is 7.81. The second-order valence-electron chi connectivity index (χ2n) is 6.55. The molecule has 6 nitrogen and oxygen atoms in total. The van der Waals surface area contributed by atoms with E-state index in [1.165, 1.54) is 0 Å². The van der Waals surface area contributed by atoms with Crippen LogP contribution in [0.1, 0.15) is 33.1 Å². The molecule has 1 fully saturated rings. The first-order chi connectivity index (χ1) is 11.2. The van der Waals surface area contributed by atoms with Gasteiger partial charge in [-0.2, -0.15) is 0 Å². The summed E-state index contributed by atoms with van der Waals surface area (Å²) in [5.41, 5.74) is 0.0826. The van der Waals surface area contributed by atoms with Gasteiger partial charge in [0, 0.05) is 23.0 Å². The third kappa shape index (κ3) is 4.35. The summed E-state index contributed by atoms with van der Waals surface area (Å²) in [5, 5.41) is 11.6. The van der Waals surface area contributed by atoms with Crippen molar-refractivity contribution in [3.63, 3.8) is 0 Å². The summed E-state index contributed by atoms with van der Waals surface area (Å²) in [6, 6.07) is 7.39. The first kappa shape index (κ1) is 18.4. The van der Waals surface area contributed by atoms with Crippen LogP contribution >= 0.6 is 15.9 Å². The summed E-state index contributed by atoms with van der Waals surface area (Å²) in [4.78, 5) is 37.4. The highest BCUT2D eigenvalue weighted by molar-refractivity contribution is 9.10. The molecule has 2 N–H and O–H groups in total. The number of nitrogens with one attached hydrogen (secondary N) is 1. The Morgan fingerprint density at radius 3 is 2.67 bits per heavy atom. The molecule has 0 spiro atoms. The highest BCUT2D eigenvalue weighted by atomic mass is 79.9. The molecule has 0 radical (unpaired) electrons. The highest BCUT2D eigenvalue weighted by Gasteiger charge is 2.39. The number of aliphatic carboxylic acids is 1.